The van der Waals surface area contributed by atoms with Crippen molar-refractivity contribution in [3.63, 3.8) is 0 Å². The number of nitrogens with zero attached hydrogens (tertiary/aromatic N) is 2. The number of benzene rings is 9. The Morgan fingerprint density at radius 1 is 0.323 bits per heavy atom. The van der Waals surface area contributed by atoms with Crippen LogP contribution in [0.2, 0.25) is 0 Å². The number of aromatic nitrogens is 2. The van der Waals surface area contributed by atoms with Gasteiger partial charge in [-0.2, -0.15) is 0 Å². The van der Waals surface area contributed by atoms with Crippen LogP contribution in [0.4, 0.5) is 0 Å². The largest absolute Gasteiger partial charge is 0.341 e. The van der Waals surface area contributed by atoms with E-state index in [4.69, 9.17) is 4.98 Å². The van der Waals surface area contributed by atoms with Crippen molar-refractivity contribution in [2.75, 3.05) is 0 Å². The first-order valence-corrected chi connectivity index (χ1v) is 33.9. The van der Waals surface area contributed by atoms with E-state index in [9.17, 15) is 0 Å². The number of rotatable bonds is 7. The van der Waals surface area contributed by atoms with E-state index in [0.29, 0.717) is 0 Å². The van der Waals surface area contributed by atoms with Crippen LogP contribution in [-0.2, 0) is 63.4 Å². The molecule has 0 atom stereocenters. The molecule has 0 fully saturated rings. The van der Waals surface area contributed by atoms with E-state index in [2.05, 4.69) is 353 Å². The maximum atomic E-state index is 5.55. The summed E-state index contributed by atoms with van der Waals surface area (Å²) in [7, 11) is 0. The molecule has 9 aromatic carbocycles. The van der Waals surface area contributed by atoms with Gasteiger partial charge in [0.2, 0.25) is 0 Å². The minimum atomic E-state index is -0.0609. The van der Waals surface area contributed by atoms with E-state index in [-0.39, 0.29) is 68.8 Å². The first-order chi connectivity index (χ1) is 42.6. The van der Waals surface area contributed by atoms with Gasteiger partial charge in [0, 0.05) is 20.1 Å². The fourth-order valence-electron chi connectivity index (χ4n) is 14.2. The average Bonchev–Trinajstić information content (AvgIpc) is 1.53. The first-order valence-electron chi connectivity index (χ1n) is 33.9. The Morgan fingerprint density at radius 3 is 0.978 bits per heavy atom. The van der Waals surface area contributed by atoms with Gasteiger partial charge < -0.3 is 4.40 Å². The van der Waals surface area contributed by atoms with Crippen LogP contribution in [0.15, 0.2) is 176 Å². The number of pyridine rings is 1. The quantitative estimate of drug-likeness (QED) is 0.145. The summed E-state index contributed by atoms with van der Waals surface area (Å²) in [5.41, 5.74) is 30.3. The zero-order valence-corrected chi connectivity index (χ0v) is 62.9. The molecule has 0 unspecified atom stereocenters. The Kier molecular flexibility index (Phi) is 16.5. The third-order valence-electron chi connectivity index (χ3n) is 21.9. The normalized spacial score (nSPS) is 15.1. The van der Waals surface area contributed by atoms with Crippen LogP contribution in [0.1, 0.15) is 211 Å². The zero-order valence-electron chi connectivity index (χ0n) is 60.5. The van der Waals surface area contributed by atoms with E-state index in [1.807, 2.05) is 0 Å². The SMILES string of the molecule is CC(C)(C)c1ccc(-c2cc(-c3ccc(C(C)(C)C)cc3)cc(-c3cc(-c4cc(-c5cc(C(C)(C)C)cc(C(C)(C)C)c5)cc(-c5cc(C(C)(C)C)cc(C(C)(C)C)c5)c4)cc(-c4cc[c-]c5c4ccn4c6cc7c(cc6nc54)C(C)(C)C(C)(C)C7(C)C)c3)c2)cc1.[Ir]. The summed E-state index contributed by atoms with van der Waals surface area (Å²) in [6.45, 7) is 56.5. The Labute approximate surface area is 572 Å². The van der Waals surface area contributed by atoms with Gasteiger partial charge in [0.05, 0.1) is 16.7 Å². The molecular weight excluding hydrogens is 1300 g/mol. The van der Waals surface area contributed by atoms with Gasteiger partial charge in [0.1, 0.15) is 0 Å². The Balaban J connectivity index is 0.00000884. The third kappa shape index (κ3) is 12.3. The first kappa shape index (κ1) is 67.3. The van der Waals surface area contributed by atoms with Crippen molar-refractivity contribution >= 4 is 27.5 Å². The second-order valence-corrected chi connectivity index (χ2v) is 35.2. The molecule has 1 aliphatic carbocycles. The standard InChI is InChI=1S/C90H101N2.Ir/c1-82(2,3)68-32-28-55(29-33-68)57-38-58(56-30-34-69(35-31-56)83(4,5)6)40-59(39-57)63-44-64(46-67(45-63)74-26-25-27-76-75(74)36-37-92-80-54-78-77(53-79(80)91-81(76)92)88(19,20)90(23,24)89(78,21)22)60-41-61(65-47-70(84(7,8)9)51-71(48-65)85(10,11)12)43-62(42-60)66-49-72(86(13,14)15)52-73(50-66)87(16,17)18;/h25-26,28-54H,1-24H3;/q-1;. The van der Waals surface area contributed by atoms with Gasteiger partial charge in [-0.3, -0.25) is 4.98 Å². The molecular formula is C90H101IrN2-. The van der Waals surface area contributed by atoms with Gasteiger partial charge in [0.15, 0.2) is 0 Å². The summed E-state index contributed by atoms with van der Waals surface area (Å²) >= 11 is 0. The summed E-state index contributed by atoms with van der Waals surface area (Å²) < 4.78 is 2.32. The summed E-state index contributed by atoms with van der Waals surface area (Å²) in [6, 6.07) is 70.7. The van der Waals surface area contributed by atoms with E-state index in [1.54, 1.807) is 0 Å². The van der Waals surface area contributed by atoms with Gasteiger partial charge in [-0.1, -0.05) is 268 Å². The molecule has 0 amide bonds. The summed E-state index contributed by atoms with van der Waals surface area (Å²) in [4.78, 5) is 5.55. The summed E-state index contributed by atoms with van der Waals surface area (Å²) in [5.74, 6) is 0. The topological polar surface area (TPSA) is 17.3 Å². The number of fused-ring (bicyclic) bond motifs is 6. The van der Waals surface area contributed by atoms with E-state index < -0.39 is 0 Å². The molecule has 93 heavy (non-hydrogen) atoms. The van der Waals surface area contributed by atoms with Crippen LogP contribution < -0.4 is 0 Å². The summed E-state index contributed by atoms with van der Waals surface area (Å²) in [5, 5.41) is 2.14. The van der Waals surface area contributed by atoms with Crippen molar-refractivity contribution in [3.8, 4) is 77.9 Å². The molecule has 0 saturated heterocycles. The van der Waals surface area contributed by atoms with Gasteiger partial charge in [-0.25, -0.2) is 0 Å². The molecule has 11 aromatic rings. The molecule has 0 bridgehead atoms. The molecule has 0 N–H and O–H groups in total. The monoisotopic (exact) mass is 1400 g/mol. The zero-order chi connectivity index (χ0) is 66.6. The van der Waals surface area contributed by atoms with Crippen molar-refractivity contribution in [1.82, 2.24) is 9.38 Å². The van der Waals surface area contributed by atoms with Crippen LogP contribution in [-0.4, -0.2) is 9.38 Å². The van der Waals surface area contributed by atoms with E-state index >= 15 is 0 Å². The molecule has 481 valence electrons. The number of hydrogen-bond acceptors (Lipinski definition) is 1. The van der Waals surface area contributed by atoms with Gasteiger partial charge in [-0.05, 0) is 238 Å². The fourth-order valence-corrected chi connectivity index (χ4v) is 14.2. The second-order valence-electron chi connectivity index (χ2n) is 35.2. The van der Waals surface area contributed by atoms with Crippen LogP contribution in [0.25, 0.3) is 105 Å². The molecule has 12 rings (SSSR count). The van der Waals surface area contributed by atoms with E-state index in [1.165, 1.54) is 94.6 Å². The second kappa shape index (κ2) is 22.8. The van der Waals surface area contributed by atoms with Crippen LogP contribution in [0.3, 0.4) is 0 Å². The number of hydrogen-bond donors (Lipinski definition) is 0. The van der Waals surface area contributed by atoms with Crippen molar-refractivity contribution in [2.45, 2.75) is 209 Å². The molecule has 3 heteroatoms. The van der Waals surface area contributed by atoms with Crippen molar-refractivity contribution in [3.05, 3.63) is 227 Å². The van der Waals surface area contributed by atoms with Gasteiger partial charge in [-0.15, -0.1) is 23.6 Å². The Hall–Kier alpha value is -7.16. The molecule has 2 heterocycles. The maximum absolute atomic E-state index is 5.55. The molecule has 2 aromatic heterocycles. The minimum absolute atomic E-state index is 0. The Bertz CT molecular complexity index is 4490. The fraction of sp³-hybridized carbons (Fsp3) is 0.367. The third-order valence-corrected chi connectivity index (χ3v) is 21.9. The van der Waals surface area contributed by atoms with Crippen molar-refractivity contribution in [2.24, 2.45) is 5.41 Å². The van der Waals surface area contributed by atoms with Gasteiger partial charge >= 0.3 is 0 Å². The predicted molar refractivity (Wildman–Crippen MR) is 399 cm³/mol. The molecule has 1 radical (unpaired) electrons. The van der Waals surface area contributed by atoms with Crippen LogP contribution >= 0.6 is 0 Å². The van der Waals surface area contributed by atoms with Gasteiger partial charge in [0.25, 0.3) is 0 Å². The van der Waals surface area contributed by atoms with Crippen LogP contribution in [0.5, 0.6) is 0 Å². The molecule has 0 saturated carbocycles. The summed E-state index contributed by atoms with van der Waals surface area (Å²) in [6.07, 6.45) is 2.26. The number of imidazole rings is 1. The Morgan fingerprint density at radius 2 is 0.634 bits per heavy atom. The molecule has 0 spiro atoms. The van der Waals surface area contributed by atoms with Crippen molar-refractivity contribution < 1.29 is 20.1 Å². The van der Waals surface area contributed by atoms with E-state index in [0.717, 1.165) is 55.3 Å². The van der Waals surface area contributed by atoms with Crippen LogP contribution in [0, 0.1) is 11.5 Å². The average molecular weight is 1400 g/mol. The predicted octanol–water partition coefficient (Wildman–Crippen LogP) is 25.5. The molecule has 1 aliphatic rings. The van der Waals surface area contributed by atoms with Crippen molar-refractivity contribution in [1.29, 1.82) is 0 Å². The smallest absolute Gasteiger partial charge is 0.0777 e. The minimum Gasteiger partial charge on any atom is -0.341 e. The maximum Gasteiger partial charge on any atom is 0.0777 e. The molecule has 2 nitrogen and oxygen atoms in total. The molecule has 0 aliphatic heterocycles.